The van der Waals surface area contributed by atoms with E-state index in [1.54, 1.807) is 0 Å². The maximum atomic E-state index is 14.3. The van der Waals surface area contributed by atoms with Crippen molar-refractivity contribution < 1.29 is 27.6 Å². The van der Waals surface area contributed by atoms with Gasteiger partial charge in [-0.1, -0.05) is 47.6 Å². The molecule has 1 amide bonds. The molecule has 8 atom stereocenters. The molecule has 0 heterocycles. The highest BCUT2D eigenvalue weighted by Gasteiger charge is 2.68. The van der Waals surface area contributed by atoms with Gasteiger partial charge in [-0.25, -0.2) is 0 Å². The largest absolute Gasteiger partial charge is 0.471 e. The van der Waals surface area contributed by atoms with E-state index in [0.29, 0.717) is 19.3 Å². The van der Waals surface area contributed by atoms with Gasteiger partial charge in [-0.3, -0.25) is 14.4 Å². The highest BCUT2D eigenvalue weighted by molar-refractivity contribution is 6.04. The van der Waals surface area contributed by atoms with E-state index < -0.39 is 28.3 Å². The van der Waals surface area contributed by atoms with Crippen molar-refractivity contribution in [3.63, 3.8) is 0 Å². The van der Waals surface area contributed by atoms with Gasteiger partial charge in [0.05, 0.1) is 5.57 Å². The first-order valence-corrected chi connectivity index (χ1v) is 14.9. The Hall–Kier alpha value is -2.17. The highest BCUT2D eigenvalue weighted by atomic mass is 19.4. The van der Waals surface area contributed by atoms with Crippen molar-refractivity contribution >= 4 is 17.5 Å². The maximum Gasteiger partial charge on any atom is 0.471 e. The van der Waals surface area contributed by atoms with E-state index >= 15 is 0 Å². The number of carbonyl (C=O) groups excluding carboxylic acids is 3. The normalized spacial score (nSPS) is 43.7. The molecule has 0 bridgehead atoms. The van der Waals surface area contributed by atoms with E-state index in [1.165, 1.54) is 0 Å². The molecular weight excluding hydrogens is 517 g/mol. The second-order valence-electron chi connectivity index (χ2n) is 15.6. The lowest BCUT2D eigenvalue weighted by molar-refractivity contribution is -0.191. The Morgan fingerprint density at radius 3 is 2.30 bits per heavy atom. The summed E-state index contributed by atoms with van der Waals surface area (Å²) in [6, 6.07) is 2.14. The zero-order chi connectivity index (χ0) is 29.7. The molecule has 0 spiro atoms. The Morgan fingerprint density at radius 2 is 1.68 bits per heavy atom. The summed E-state index contributed by atoms with van der Waals surface area (Å²) < 4.78 is 39.3. The molecule has 0 aliphatic heterocycles. The van der Waals surface area contributed by atoms with Crippen LogP contribution < -0.4 is 5.32 Å². The number of amides is 1. The van der Waals surface area contributed by atoms with Crippen molar-refractivity contribution in [3.05, 3.63) is 11.6 Å². The molecular formula is C32H43F3N2O3. The molecule has 3 unspecified atom stereocenters. The number of hydrogen-bond donors (Lipinski definition) is 1. The lowest BCUT2D eigenvalue weighted by Crippen LogP contribution is -2.65. The number of alkyl halides is 3. The second-order valence-corrected chi connectivity index (χ2v) is 15.6. The quantitative estimate of drug-likeness (QED) is 0.414. The number of allylic oxidation sites excluding steroid dienone is 2. The van der Waals surface area contributed by atoms with Gasteiger partial charge in [0.15, 0.2) is 5.78 Å². The molecule has 5 aliphatic rings. The standard InChI is InChI=1S/C32H43F3N2O3/c1-27(2)11-12-31(17-37-26(40)32(33,34)35)10-7-19-24(20(31)15-27)21(38)13-23-29(19,5)9-8-22-28(3,4)25(39)18(16-36)14-30(22,23)6/h14,19-20,22-24H,7-13,15,17H2,1-6H3,(H,37,40)/t19?,20?,22-,23-,24?,29-,30-,31-/m0/s1. The molecule has 4 saturated carbocycles. The third-order valence-electron chi connectivity index (χ3n) is 12.7. The number of rotatable bonds is 2. The molecule has 220 valence electrons. The summed E-state index contributed by atoms with van der Waals surface area (Å²) >= 11 is 0. The number of halogens is 3. The number of fused-ring (bicyclic) bond motifs is 7. The number of nitriles is 1. The Balaban J connectivity index is 1.53. The van der Waals surface area contributed by atoms with Crippen molar-refractivity contribution in [3.8, 4) is 6.07 Å². The van der Waals surface area contributed by atoms with Crippen LogP contribution in [0.4, 0.5) is 13.2 Å². The Morgan fingerprint density at radius 1 is 1.00 bits per heavy atom. The zero-order valence-corrected chi connectivity index (χ0v) is 24.6. The monoisotopic (exact) mass is 560 g/mol. The molecule has 0 radical (unpaired) electrons. The lowest BCUT2D eigenvalue weighted by Gasteiger charge is -2.68. The van der Waals surface area contributed by atoms with Crippen LogP contribution in [0.25, 0.3) is 0 Å². The molecule has 40 heavy (non-hydrogen) atoms. The van der Waals surface area contributed by atoms with E-state index in [4.69, 9.17) is 0 Å². The first-order valence-electron chi connectivity index (χ1n) is 14.9. The summed E-state index contributed by atoms with van der Waals surface area (Å²) in [5.41, 5.74) is -1.73. The van der Waals surface area contributed by atoms with Gasteiger partial charge in [-0.05, 0) is 90.3 Å². The second kappa shape index (κ2) is 8.91. The van der Waals surface area contributed by atoms with Gasteiger partial charge in [-0.2, -0.15) is 18.4 Å². The fourth-order valence-corrected chi connectivity index (χ4v) is 10.7. The highest BCUT2D eigenvalue weighted by Crippen LogP contribution is 2.71. The van der Waals surface area contributed by atoms with Gasteiger partial charge in [0, 0.05) is 24.3 Å². The first kappa shape index (κ1) is 29.3. The van der Waals surface area contributed by atoms with Crippen LogP contribution in [0.15, 0.2) is 11.6 Å². The fraction of sp³-hybridized carbons (Fsp3) is 0.812. The SMILES string of the molecule is CC1(C)CC[C@]2(CNC(=O)C(F)(F)F)CCC3C(C(=O)C[C@@H]4[C@@]5(C)C=C(C#N)C(=O)C(C)(C)[C@@H]5CC[C@@]34C)C2C1. The third-order valence-corrected chi connectivity index (χ3v) is 12.7. The Bertz CT molecular complexity index is 1210. The van der Waals surface area contributed by atoms with Gasteiger partial charge in [0.1, 0.15) is 11.9 Å². The first-order chi connectivity index (χ1) is 18.3. The lowest BCUT2D eigenvalue weighted by atomic mass is 9.35. The van der Waals surface area contributed by atoms with Crippen LogP contribution in [-0.2, 0) is 14.4 Å². The van der Waals surface area contributed by atoms with Gasteiger partial charge < -0.3 is 5.32 Å². The van der Waals surface area contributed by atoms with Crippen LogP contribution in [-0.4, -0.2) is 30.2 Å². The topological polar surface area (TPSA) is 87.0 Å². The van der Waals surface area contributed by atoms with Crippen molar-refractivity contribution in [2.45, 2.75) is 99.1 Å². The minimum atomic E-state index is -4.93. The van der Waals surface area contributed by atoms with E-state index in [2.05, 4.69) is 39.1 Å². The predicted molar refractivity (Wildman–Crippen MR) is 143 cm³/mol. The smallest absolute Gasteiger partial charge is 0.348 e. The molecule has 5 rings (SSSR count). The average Bonchev–Trinajstić information content (AvgIpc) is 2.85. The molecule has 0 aromatic rings. The average molecular weight is 561 g/mol. The van der Waals surface area contributed by atoms with Crippen LogP contribution in [0.2, 0.25) is 0 Å². The number of Topliss-reactive ketones (excluding diaryl/α,β-unsaturated/α-hetero) is 2. The minimum absolute atomic E-state index is 0.0164. The molecule has 0 saturated heterocycles. The maximum absolute atomic E-state index is 14.3. The van der Waals surface area contributed by atoms with E-state index in [0.717, 1.165) is 32.1 Å². The molecule has 5 aliphatic carbocycles. The van der Waals surface area contributed by atoms with Crippen molar-refractivity contribution in [2.24, 2.45) is 56.7 Å². The van der Waals surface area contributed by atoms with E-state index in [1.807, 2.05) is 19.9 Å². The Kier molecular flexibility index (Phi) is 6.54. The van der Waals surface area contributed by atoms with Crippen LogP contribution >= 0.6 is 0 Å². The van der Waals surface area contributed by atoms with Gasteiger partial charge in [-0.15, -0.1) is 0 Å². The van der Waals surface area contributed by atoms with E-state index in [-0.39, 0.29) is 64.1 Å². The third kappa shape index (κ3) is 4.11. The van der Waals surface area contributed by atoms with E-state index in [9.17, 15) is 32.8 Å². The van der Waals surface area contributed by atoms with Crippen LogP contribution in [0.5, 0.6) is 0 Å². The number of carbonyl (C=O) groups is 3. The van der Waals surface area contributed by atoms with Crippen molar-refractivity contribution in [1.29, 1.82) is 5.26 Å². The molecule has 0 aromatic carbocycles. The summed E-state index contributed by atoms with van der Waals surface area (Å²) in [7, 11) is 0. The molecule has 1 N–H and O–H groups in total. The van der Waals surface area contributed by atoms with Crippen LogP contribution in [0.1, 0.15) is 92.9 Å². The molecule has 8 heteroatoms. The number of nitrogens with zero attached hydrogens (tertiary/aromatic N) is 1. The number of hydrogen-bond acceptors (Lipinski definition) is 4. The zero-order valence-electron chi connectivity index (χ0n) is 24.6. The summed E-state index contributed by atoms with van der Waals surface area (Å²) in [4.78, 5) is 39.3. The summed E-state index contributed by atoms with van der Waals surface area (Å²) in [5, 5.41) is 12.0. The minimum Gasteiger partial charge on any atom is -0.348 e. The fourth-order valence-electron chi connectivity index (χ4n) is 10.7. The van der Waals surface area contributed by atoms with Crippen LogP contribution in [0.3, 0.4) is 0 Å². The van der Waals surface area contributed by atoms with Crippen molar-refractivity contribution in [1.82, 2.24) is 5.32 Å². The summed E-state index contributed by atoms with van der Waals surface area (Å²) in [6.07, 6.45) is 2.73. The van der Waals surface area contributed by atoms with Gasteiger partial charge in [0.2, 0.25) is 0 Å². The molecule has 5 nitrogen and oxygen atoms in total. The Labute approximate surface area is 235 Å². The van der Waals surface area contributed by atoms with Gasteiger partial charge in [0.25, 0.3) is 0 Å². The summed E-state index contributed by atoms with van der Waals surface area (Å²) in [6.45, 7) is 12.6. The predicted octanol–water partition coefficient (Wildman–Crippen LogP) is 6.57. The van der Waals surface area contributed by atoms with Gasteiger partial charge >= 0.3 is 12.1 Å². The summed E-state index contributed by atoms with van der Waals surface area (Å²) in [5.74, 6) is -2.10. The number of ketones is 2. The number of nitrogens with one attached hydrogen (secondary N) is 1. The molecule has 0 aromatic heterocycles. The van der Waals surface area contributed by atoms with Crippen LogP contribution in [0, 0.1) is 68.0 Å². The molecule has 4 fully saturated rings. The van der Waals surface area contributed by atoms with Crippen molar-refractivity contribution in [2.75, 3.05) is 6.54 Å².